The minimum atomic E-state index is -0.103. The highest BCUT2D eigenvalue weighted by Gasteiger charge is 2.27. The molecule has 0 radical (unpaired) electrons. The van der Waals surface area contributed by atoms with E-state index in [0.717, 1.165) is 43.5 Å². The van der Waals surface area contributed by atoms with Gasteiger partial charge in [0, 0.05) is 43.0 Å². The summed E-state index contributed by atoms with van der Waals surface area (Å²) in [5.74, 6) is -0.103. The number of anilines is 1. The molecule has 1 atom stereocenters. The van der Waals surface area contributed by atoms with Crippen LogP contribution in [0.4, 0.5) is 10.1 Å². The molecule has 0 aromatic heterocycles. The lowest BCUT2D eigenvalue weighted by Crippen LogP contribution is -2.31. The molecule has 0 spiro atoms. The molecule has 1 heterocycles. The standard InChI is InChI=1S/C17H25FN2O/c18-16-6-1-7-17(15(16)12-19-13-8-9-13)20-10-2-4-14(20)5-3-11-21/h1,6-7,13-14,19,21H,2-5,8-12H2. The largest absolute Gasteiger partial charge is 0.396 e. The summed E-state index contributed by atoms with van der Waals surface area (Å²) in [5.41, 5.74) is 1.85. The molecule has 1 aromatic carbocycles. The van der Waals surface area contributed by atoms with Crippen LogP contribution >= 0.6 is 0 Å². The Labute approximate surface area is 126 Å². The molecule has 1 aliphatic heterocycles. The zero-order chi connectivity index (χ0) is 14.7. The maximum Gasteiger partial charge on any atom is 0.129 e. The summed E-state index contributed by atoms with van der Waals surface area (Å²) < 4.78 is 14.2. The van der Waals surface area contributed by atoms with E-state index in [1.165, 1.54) is 12.8 Å². The molecule has 116 valence electrons. The molecule has 0 bridgehead atoms. The molecule has 1 saturated heterocycles. The van der Waals surface area contributed by atoms with E-state index in [9.17, 15) is 4.39 Å². The molecule has 4 heteroatoms. The normalized spacial score (nSPS) is 22.0. The van der Waals surface area contributed by atoms with Gasteiger partial charge in [-0.15, -0.1) is 0 Å². The number of hydrogen-bond acceptors (Lipinski definition) is 3. The third kappa shape index (κ3) is 3.55. The molecule has 21 heavy (non-hydrogen) atoms. The number of benzene rings is 1. The summed E-state index contributed by atoms with van der Waals surface area (Å²) in [4.78, 5) is 2.35. The molecule has 1 saturated carbocycles. The smallest absolute Gasteiger partial charge is 0.129 e. The van der Waals surface area contributed by atoms with Crippen molar-refractivity contribution in [1.29, 1.82) is 0 Å². The molecule has 2 aliphatic rings. The number of aliphatic hydroxyl groups is 1. The Morgan fingerprint density at radius 2 is 2.14 bits per heavy atom. The van der Waals surface area contributed by atoms with Gasteiger partial charge in [-0.3, -0.25) is 0 Å². The highest BCUT2D eigenvalue weighted by molar-refractivity contribution is 5.55. The summed E-state index contributed by atoms with van der Waals surface area (Å²) in [7, 11) is 0. The highest BCUT2D eigenvalue weighted by Crippen LogP contribution is 2.32. The van der Waals surface area contributed by atoms with Crippen molar-refractivity contribution < 1.29 is 9.50 Å². The third-order valence-electron chi connectivity index (χ3n) is 4.62. The van der Waals surface area contributed by atoms with Gasteiger partial charge in [0.05, 0.1) is 0 Å². The monoisotopic (exact) mass is 292 g/mol. The van der Waals surface area contributed by atoms with E-state index in [1.807, 2.05) is 12.1 Å². The molecule has 2 N–H and O–H groups in total. The number of halogens is 1. The van der Waals surface area contributed by atoms with Crippen LogP contribution in [0.2, 0.25) is 0 Å². The van der Waals surface area contributed by atoms with Crippen LogP contribution in [0, 0.1) is 5.82 Å². The highest BCUT2D eigenvalue weighted by atomic mass is 19.1. The first-order valence-corrected chi connectivity index (χ1v) is 8.18. The van der Waals surface area contributed by atoms with Gasteiger partial charge in [0.1, 0.15) is 5.82 Å². The second kappa shape index (κ2) is 6.75. The Morgan fingerprint density at radius 3 is 2.90 bits per heavy atom. The van der Waals surface area contributed by atoms with Crippen LogP contribution in [0.25, 0.3) is 0 Å². The molecular weight excluding hydrogens is 267 g/mol. The van der Waals surface area contributed by atoms with Gasteiger partial charge in [0.15, 0.2) is 0 Å². The van der Waals surface area contributed by atoms with Crippen molar-refractivity contribution in [2.75, 3.05) is 18.1 Å². The van der Waals surface area contributed by atoms with Crippen LogP contribution < -0.4 is 10.2 Å². The van der Waals surface area contributed by atoms with E-state index in [2.05, 4.69) is 10.2 Å². The van der Waals surface area contributed by atoms with Crippen LogP contribution in [0.3, 0.4) is 0 Å². The van der Waals surface area contributed by atoms with Gasteiger partial charge in [0.25, 0.3) is 0 Å². The molecule has 3 rings (SSSR count). The fraction of sp³-hybridized carbons (Fsp3) is 0.647. The summed E-state index contributed by atoms with van der Waals surface area (Å²) >= 11 is 0. The minimum absolute atomic E-state index is 0.103. The molecule has 1 aliphatic carbocycles. The quantitative estimate of drug-likeness (QED) is 0.811. The van der Waals surface area contributed by atoms with Crippen LogP contribution in [0.15, 0.2) is 18.2 Å². The summed E-state index contributed by atoms with van der Waals surface area (Å²) in [6.07, 6.45) is 6.54. The number of nitrogens with zero attached hydrogens (tertiary/aromatic N) is 1. The van der Waals surface area contributed by atoms with Crippen LogP contribution in [0.1, 0.15) is 44.1 Å². The van der Waals surface area contributed by atoms with E-state index in [1.54, 1.807) is 6.07 Å². The van der Waals surface area contributed by atoms with Crippen LogP contribution in [-0.2, 0) is 6.54 Å². The zero-order valence-corrected chi connectivity index (χ0v) is 12.5. The summed E-state index contributed by atoms with van der Waals surface area (Å²) in [6, 6.07) is 6.45. The van der Waals surface area contributed by atoms with E-state index in [0.29, 0.717) is 18.6 Å². The number of nitrogens with one attached hydrogen (secondary N) is 1. The van der Waals surface area contributed by atoms with Gasteiger partial charge < -0.3 is 15.3 Å². The SMILES string of the molecule is OCCCC1CCCN1c1cccc(F)c1CNC1CC1. The topological polar surface area (TPSA) is 35.5 Å². The van der Waals surface area contributed by atoms with E-state index in [-0.39, 0.29) is 12.4 Å². The van der Waals surface area contributed by atoms with Crippen molar-refractivity contribution >= 4 is 5.69 Å². The van der Waals surface area contributed by atoms with Crippen molar-refractivity contribution in [2.45, 2.75) is 57.2 Å². The summed E-state index contributed by atoms with van der Waals surface area (Å²) in [6.45, 7) is 1.86. The molecule has 3 nitrogen and oxygen atoms in total. The molecule has 1 aromatic rings. The average Bonchev–Trinajstić information content (AvgIpc) is 3.20. The van der Waals surface area contributed by atoms with Crippen molar-refractivity contribution in [3.63, 3.8) is 0 Å². The summed E-state index contributed by atoms with van der Waals surface area (Å²) in [5, 5.41) is 12.5. The Morgan fingerprint density at radius 1 is 1.29 bits per heavy atom. The number of hydrogen-bond donors (Lipinski definition) is 2. The van der Waals surface area contributed by atoms with E-state index in [4.69, 9.17) is 5.11 Å². The van der Waals surface area contributed by atoms with Gasteiger partial charge in [0.2, 0.25) is 0 Å². The molecule has 2 fully saturated rings. The fourth-order valence-corrected chi connectivity index (χ4v) is 3.31. The van der Waals surface area contributed by atoms with Gasteiger partial charge in [-0.1, -0.05) is 6.07 Å². The van der Waals surface area contributed by atoms with Crippen molar-refractivity contribution in [3.05, 3.63) is 29.6 Å². The Kier molecular flexibility index (Phi) is 4.76. The predicted molar refractivity (Wildman–Crippen MR) is 82.9 cm³/mol. The first kappa shape index (κ1) is 14.8. The number of rotatable bonds is 7. The van der Waals surface area contributed by atoms with Gasteiger partial charge in [-0.25, -0.2) is 4.39 Å². The first-order chi connectivity index (χ1) is 10.3. The predicted octanol–water partition coefficient (Wildman–Crippen LogP) is 2.82. The lowest BCUT2D eigenvalue weighted by atomic mass is 10.1. The Bertz CT molecular complexity index is 476. The Hall–Kier alpha value is -1.13. The fourth-order valence-electron chi connectivity index (χ4n) is 3.31. The van der Waals surface area contributed by atoms with Gasteiger partial charge >= 0.3 is 0 Å². The van der Waals surface area contributed by atoms with E-state index >= 15 is 0 Å². The lowest BCUT2D eigenvalue weighted by molar-refractivity contribution is 0.279. The molecule has 0 amide bonds. The van der Waals surface area contributed by atoms with Gasteiger partial charge in [-0.05, 0) is 50.7 Å². The van der Waals surface area contributed by atoms with Crippen molar-refractivity contribution in [1.82, 2.24) is 5.32 Å². The number of aliphatic hydroxyl groups excluding tert-OH is 1. The van der Waals surface area contributed by atoms with E-state index < -0.39 is 0 Å². The average molecular weight is 292 g/mol. The second-order valence-corrected chi connectivity index (χ2v) is 6.25. The van der Waals surface area contributed by atoms with Crippen molar-refractivity contribution in [3.8, 4) is 0 Å². The molecule has 1 unspecified atom stereocenters. The first-order valence-electron chi connectivity index (χ1n) is 8.18. The maximum absolute atomic E-state index is 14.2. The molecular formula is C17H25FN2O. The zero-order valence-electron chi connectivity index (χ0n) is 12.5. The van der Waals surface area contributed by atoms with Crippen molar-refractivity contribution in [2.24, 2.45) is 0 Å². The maximum atomic E-state index is 14.2. The van der Waals surface area contributed by atoms with Crippen LogP contribution in [-0.4, -0.2) is 30.3 Å². The third-order valence-corrected chi connectivity index (χ3v) is 4.62. The van der Waals surface area contributed by atoms with Crippen LogP contribution in [0.5, 0.6) is 0 Å². The minimum Gasteiger partial charge on any atom is -0.396 e. The second-order valence-electron chi connectivity index (χ2n) is 6.25. The lowest BCUT2D eigenvalue weighted by Gasteiger charge is -2.29. The van der Waals surface area contributed by atoms with Gasteiger partial charge in [-0.2, -0.15) is 0 Å². The Balaban J connectivity index is 1.77.